The summed E-state index contributed by atoms with van der Waals surface area (Å²) < 4.78 is 24.0. The SMILES string of the molecule is CCS(=O)(=O)c1cccc(-c2ccc(C(=O)O)c(C)c2C(=O)O)c1. The van der Waals surface area contributed by atoms with E-state index in [1.807, 2.05) is 0 Å². The van der Waals surface area contributed by atoms with Crippen LogP contribution >= 0.6 is 0 Å². The number of carboxylic acid groups (broad SMARTS) is 2. The van der Waals surface area contributed by atoms with Crippen molar-refractivity contribution in [3.63, 3.8) is 0 Å². The Bertz CT molecular complexity index is 928. The summed E-state index contributed by atoms with van der Waals surface area (Å²) in [5, 5.41) is 18.6. The average Bonchev–Trinajstić information content (AvgIpc) is 2.53. The molecule has 126 valence electrons. The van der Waals surface area contributed by atoms with E-state index in [-0.39, 0.29) is 32.9 Å². The second-order valence-corrected chi connectivity index (χ2v) is 7.48. The molecule has 0 heterocycles. The first-order chi connectivity index (χ1) is 11.2. The summed E-state index contributed by atoms with van der Waals surface area (Å²) in [5.41, 5.74) is 0.547. The highest BCUT2D eigenvalue weighted by molar-refractivity contribution is 7.91. The molecule has 0 fully saturated rings. The minimum absolute atomic E-state index is 0.0702. The summed E-state index contributed by atoms with van der Waals surface area (Å²) in [6.45, 7) is 2.94. The van der Waals surface area contributed by atoms with E-state index in [9.17, 15) is 23.1 Å². The summed E-state index contributed by atoms with van der Waals surface area (Å²) in [6.07, 6.45) is 0. The van der Waals surface area contributed by atoms with Crippen molar-refractivity contribution in [3.05, 3.63) is 53.1 Å². The molecule has 2 aromatic rings. The van der Waals surface area contributed by atoms with Gasteiger partial charge in [0.2, 0.25) is 0 Å². The van der Waals surface area contributed by atoms with Crippen molar-refractivity contribution in [2.45, 2.75) is 18.7 Å². The molecule has 0 radical (unpaired) electrons. The second-order valence-electron chi connectivity index (χ2n) is 5.20. The fraction of sp³-hybridized carbons (Fsp3) is 0.176. The highest BCUT2D eigenvalue weighted by atomic mass is 32.2. The van der Waals surface area contributed by atoms with Crippen molar-refractivity contribution in [1.82, 2.24) is 0 Å². The summed E-state index contributed by atoms with van der Waals surface area (Å²) >= 11 is 0. The van der Waals surface area contributed by atoms with E-state index in [0.717, 1.165) is 0 Å². The lowest BCUT2D eigenvalue weighted by molar-refractivity contribution is 0.0696. The zero-order valence-electron chi connectivity index (χ0n) is 13.1. The Morgan fingerprint density at radius 2 is 1.71 bits per heavy atom. The molecule has 0 bridgehead atoms. The Morgan fingerprint density at radius 3 is 2.25 bits per heavy atom. The largest absolute Gasteiger partial charge is 0.478 e. The molecule has 0 aliphatic carbocycles. The molecule has 2 rings (SSSR count). The molecule has 7 heteroatoms. The van der Waals surface area contributed by atoms with Crippen LogP contribution in [0.5, 0.6) is 0 Å². The Labute approximate surface area is 139 Å². The van der Waals surface area contributed by atoms with Gasteiger partial charge < -0.3 is 10.2 Å². The number of hydrogen-bond donors (Lipinski definition) is 2. The molecule has 2 aromatic carbocycles. The van der Waals surface area contributed by atoms with Crippen molar-refractivity contribution >= 4 is 21.8 Å². The maximum Gasteiger partial charge on any atom is 0.336 e. The number of rotatable bonds is 5. The van der Waals surface area contributed by atoms with Crippen LogP contribution in [0.2, 0.25) is 0 Å². The van der Waals surface area contributed by atoms with Crippen LogP contribution in [0.25, 0.3) is 11.1 Å². The molecule has 0 aliphatic heterocycles. The zero-order chi connectivity index (χ0) is 18.1. The molecule has 6 nitrogen and oxygen atoms in total. The van der Waals surface area contributed by atoms with Crippen LogP contribution in [0, 0.1) is 6.92 Å². The first-order valence-corrected chi connectivity index (χ1v) is 8.77. The smallest absolute Gasteiger partial charge is 0.336 e. The number of hydrogen-bond acceptors (Lipinski definition) is 4. The van der Waals surface area contributed by atoms with Gasteiger partial charge in [0.1, 0.15) is 0 Å². The van der Waals surface area contributed by atoms with Gasteiger partial charge in [0.05, 0.1) is 21.8 Å². The van der Waals surface area contributed by atoms with Gasteiger partial charge in [-0.15, -0.1) is 0 Å². The molecule has 0 unspecified atom stereocenters. The fourth-order valence-corrected chi connectivity index (χ4v) is 3.41. The Hall–Kier alpha value is -2.67. The monoisotopic (exact) mass is 348 g/mol. The normalized spacial score (nSPS) is 11.2. The Kier molecular flexibility index (Phi) is 4.75. The molecule has 0 saturated heterocycles. The standard InChI is InChI=1S/C17H16O6S/c1-3-24(22,23)12-6-4-5-11(9-12)14-8-7-13(16(18)19)10(2)15(14)17(20)21/h4-9H,3H2,1-2H3,(H,18,19)(H,20,21). The van der Waals surface area contributed by atoms with Crippen molar-refractivity contribution in [3.8, 4) is 11.1 Å². The van der Waals surface area contributed by atoms with E-state index in [2.05, 4.69) is 0 Å². The summed E-state index contributed by atoms with van der Waals surface area (Å²) in [7, 11) is -3.44. The lowest BCUT2D eigenvalue weighted by Gasteiger charge is -2.13. The van der Waals surface area contributed by atoms with Crippen LogP contribution < -0.4 is 0 Å². The van der Waals surface area contributed by atoms with Crippen LogP contribution in [0.3, 0.4) is 0 Å². The topological polar surface area (TPSA) is 109 Å². The van der Waals surface area contributed by atoms with E-state index < -0.39 is 21.8 Å². The van der Waals surface area contributed by atoms with Crippen molar-refractivity contribution in [1.29, 1.82) is 0 Å². The second kappa shape index (κ2) is 6.45. The van der Waals surface area contributed by atoms with Gasteiger partial charge in [-0.25, -0.2) is 18.0 Å². The van der Waals surface area contributed by atoms with Crippen LogP contribution in [0.15, 0.2) is 41.3 Å². The van der Waals surface area contributed by atoms with Crippen molar-refractivity contribution in [2.24, 2.45) is 0 Å². The number of sulfone groups is 1. The lowest BCUT2D eigenvalue weighted by Crippen LogP contribution is -2.09. The molecule has 2 N–H and O–H groups in total. The molecule has 0 saturated carbocycles. The van der Waals surface area contributed by atoms with E-state index in [4.69, 9.17) is 5.11 Å². The maximum atomic E-state index is 12.0. The Morgan fingerprint density at radius 1 is 1.04 bits per heavy atom. The highest BCUT2D eigenvalue weighted by Gasteiger charge is 2.21. The van der Waals surface area contributed by atoms with Crippen LogP contribution in [-0.2, 0) is 9.84 Å². The van der Waals surface area contributed by atoms with Gasteiger partial charge in [0.15, 0.2) is 9.84 Å². The first-order valence-electron chi connectivity index (χ1n) is 7.12. The molecule has 0 atom stereocenters. The molecule has 0 spiro atoms. The van der Waals surface area contributed by atoms with Gasteiger partial charge in [-0.3, -0.25) is 0 Å². The van der Waals surface area contributed by atoms with E-state index in [1.165, 1.54) is 44.2 Å². The molecule has 0 amide bonds. The maximum absolute atomic E-state index is 12.0. The zero-order valence-corrected chi connectivity index (χ0v) is 13.9. The third kappa shape index (κ3) is 3.16. The fourth-order valence-electron chi connectivity index (χ4n) is 2.48. The number of benzene rings is 2. The van der Waals surface area contributed by atoms with E-state index in [1.54, 1.807) is 6.07 Å². The summed E-state index contributed by atoms with van der Waals surface area (Å²) in [4.78, 5) is 22.9. The molecule has 24 heavy (non-hydrogen) atoms. The van der Waals surface area contributed by atoms with Gasteiger partial charge in [-0.2, -0.15) is 0 Å². The molecular weight excluding hydrogens is 332 g/mol. The predicted octanol–water partition coefficient (Wildman–Crippen LogP) is 2.85. The van der Waals surface area contributed by atoms with E-state index >= 15 is 0 Å². The van der Waals surface area contributed by atoms with Gasteiger partial charge >= 0.3 is 11.9 Å². The van der Waals surface area contributed by atoms with E-state index in [0.29, 0.717) is 5.56 Å². The molecular formula is C17H16O6S. The van der Waals surface area contributed by atoms with Crippen molar-refractivity contribution < 1.29 is 28.2 Å². The number of aromatic carboxylic acids is 2. The minimum Gasteiger partial charge on any atom is -0.478 e. The van der Waals surface area contributed by atoms with Crippen LogP contribution in [0.1, 0.15) is 33.2 Å². The van der Waals surface area contributed by atoms with Gasteiger partial charge in [-0.05, 0) is 41.8 Å². The van der Waals surface area contributed by atoms with Gasteiger partial charge in [0, 0.05) is 0 Å². The average molecular weight is 348 g/mol. The first kappa shape index (κ1) is 17.7. The third-order valence-corrected chi connectivity index (χ3v) is 5.53. The van der Waals surface area contributed by atoms with Crippen LogP contribution in [-0.4, -0.2) is 36.3 Å². The lowest BCUT2D eigenvalue weighted by atomic mass is 9.92. The highest BCUT2D eigenvalue weighted by Crippen LogP contribution is 2.30. The predicted molar refractivity (Wildman–Crippen MR) is 88.3 cm³/mol. The summed E-state index contributed by atoms with van der Waals surface area (Å²) in [6, 6.07) is 8.68. The number of carbonyl (C=O) groups is 2. The number of carboxylic acids is 2. The minimum atomic E-state index is -3.44. The van der Waals surface area contributed by atoms with Gasteiger partial charge in [-0.1, -0.05) is 25.1 Å². The van der Waals surface area contributed by atoms with Crippen LogP contribution in [0.4, 0.5) is 0 Å². The van der Waals surface area contributed by atoms with Crippen molar-refractivity contribution in [2.75, 3.05) is 5.75 Å². The molecule has 0 aromatic heterocycles. The molecule has 0 aliphatic rings. The Balaban J connectivity index is 2.74. The summed E-state index contributed by atoms with van der Waals surface area (Å²) in [5.74, 6) is -2.56. The third-order valence-electron chi connectivity index (χ3n) is 3.79. The quantitative estimate of drug-likeness (QED) is 0.860. The van der Waals surface area contributed by atoms with Gasteiger partial charge in [0.25, 0.3) is 0 Å².